The van der Waals surface area contributed by atoms with Crippen molar-refractivity contribution in [1.29, 1.82) is 0 Å². The van der Waals surface area contributed by atoms with Crippen LogP contribution in [0.3, 0.4) is 0 Å². The first-order chi connectivity index (χ1) is 22.4. The Hall–Kier alpha value is -1.99. The van der Waals surface area contributed by atoms with Crippen LogP contribution < -0.4 is 10.1 Å². The molecular formula is C35H63NO10. The molecule has 0 fully saturated rings. The summed E-state index contributed by atoms with van der Waals surface area (Å²) in [5, 5.41) is 2.63. The van der Waals surface area contributed by atoms with Gasteiger partial charge in [0.1, 0.15) is 18.0 Å². The molecule has 0 saturated carbocycles. The molecule has 0 saturated heterocycles. The number of unbranched alkanes of at least 4 members (excludes halogenated alkanes) is 5. The van der Waals surface area contributed by atoms with E-state index in [1.54, 1.807) is 0 Å². The molecule has 0 aliphatic heterocycles. The predicted molar refractivity (Wildman–Crippen MR) is 179 cm³/mol. The lowest BCUT2D eigenvalue weighted by Crippen LogP contribution is -2.34. The maximum atomic E-state index is 11.5. The monoisotopic (exact) mass is 657 g/mol. The lowest BCUT2D eigenvalue weighted by Gasteiger charge is -2.19. The van der Waals surface area contributed by atoms with Crippen LogP contribution in [0, 0.1) is 0 Å². The van der Waals surface area contributed by atoms with Crippen molar-refractivity contribution in [3.63, 3.8) is 0 Å². The first kappa shape index (κ1) is 42.0. The van der Waals surface area contributed by atoms with Gasteiger partial charge in [-0.25, -0.2) is 4.79 Å². The molecule has 0 atom stereocenters. The fourth-order valence-electron chi connectivity index (χ4n) is 4.04. The Kier molecular flexibility index (Phi) is 27.7. The molecule has 0 bridgehead atoms. The second-order valence-electron chi connectivity index (χ2n) is 11.7. The summed E-state index contributed by atoms with van der Waals surface area (Å²) in [6.07, 6.45) is 8.63. The Balaban J connectivity index is 1.73. The molecule has 1 N–H and O–H groups in total. The number of hydrogen-bond donors (Lipinski definition) is 1. The van der Waals surface area contributed by atoms with E-state index in [1.807, 2.05) is 32.9 Å². The van der Waals surface area contributed by atoms with E-state index in [1.165, 1.54) is 44.1 Å². The lowest BCUT2D eigenvalue weighted by atomic mass is 10.0. The molecule has 0 spiro atoms. The number of hydrogen-bond acceptors (Lipinski definition) is 10. The summed E-state index contributed by atoms with van der Waals surface area (Å²) >= 11 is 0. The van der Waals surface area contributed by atoms with Crippen molar-refractivity contribution in [3.8, 4) is 5.75 Å². The molecular weight excluding hydrogens is 594 g/mol. The number of alkyl carbamates (subject to hydrolysis) is 1. The second-order valence-corrected chi connectivity index (χ2v) is 11.7. The van der Waals surface area contributed by atoms with Gasteiger partial charge in [0.25, 0.3) is 0 Å². The Bertz CT molecular complexity index is 804. The highest BCUT2D eigenvalue weighted by molar-refractivity contribution is 5.67. The van der Waals surface area contributed by atoms with Crippen molar-refractivity contribution in [1.82, 2.24) is 5.32 Å². The van der Waals surface area contributed by atoms with E-state index < -0.39 is 11.7 Å². The van der Waals surface area contributed by atoms with Crippen LogP contribution in [0.25, 0.3) is 0 Å². The standard InChI is InChI=1S/C35H63NO10/c1-5-6-7-8-9-10-11-32-12-14-33(15-13-32)45-31-30-44-29-28-43-27-26-42-25-24-41-23-22-40-21-20-39-19-18-38-17-16-36-34(37)46-35(2,3)4/h12-15H,5-11,16-31H2,1-4H3,(H,36,37). The van der Waals surface area contributed by atoms with Crippen molar-refractivity contribution < 1.29 is 47.4 Å². The summed E-state index contributed by atoms with van der Waals surface area (Å²) < 4.78 is 49.3. The van der Waals surface area contributed by atoms with Gasteiger partial charge in [-0.2, -0.15) is 0 Å². The average molecular weight is 658 g/mol. The van der Waals surface area contributed by atoms with Crippen molar-refractivity contribution in [2.24, 2.45) is 0 Å². The van der Waals surface area contributed by atoms with Gasteiger partial charge in [0, 0.05) is 6.54 Å². The minimum atomic E-state index is -0.507. The van der Waals surface area contributed by atoms with Crippen molar-refractivity contribution in [2.75, 3.05) is 106 Å². The molecule has 0 aromatic heterocycles. The van der Waals surface area contributed by atoms with E-state index in [9.17, 15) is 4.79 Å². The quantitative estimate of drug-likeness (QED) is 0.0982. The van der Waals surface area contributed by atoms with Crippen LogP contribution in [0.15, 0.2) is 24.3 Å². The number of nitrogens with one attached hydrogen (secondary N) is 1. The molecule has 0 heterocycles. The second kappa shape index (κ2) is 30.4. The number of ether oxygens (including phenoxy) is 9. The first-order valence-corrected chi connectivity index (χ1v) is 17.1. The smallest absolute Gasteiger partial charge is 0.407 e. The third-order valence-corrected chi connectivity index (χ3v) is 6.39. The molecule has 1 aromatic carbocycles. The van der Waals surface area contributed by atoms with Crippen LogP contribution in [0.4, 0.5) is 4.79 Å². The van der Waals surface area contributed by atoms with Gasteiger partial charge < -0.3 is 47.9 Å². The third kappa shape index (κ3) is 29.4. The predicted octanol–water partition coefficient (Wildman–Crippen LogP) is 5.61. The number of carbonyl (C=O) groups is 1. The summed E-state index contributed by atoms with van der Waals surface area (Å²) in [6, 6.07) is 8.42. The lowest BCUT2D eigenvalue weighted by molar-refractivity contribution is -0.0211. The Morgan fingerprint density at radius 2 is 0.978 bits per heavy atom. The fraction of sp³-hybridized carbons (Fsp3) is 0.800. The van der Waals surface area contributed by atoms with Crippen molar-refractivity contribution in [3.05, 3.63) is 29.8 Å². The SMILES string of the molecule is CCCCCCCCc1ccc(OCCOCCOCCOCCOCCOCCOCCOCCNC(=O)OC(C)(C)C)cc1. The van der Waals surface area contributed by atoms with Gasteiger partial charge in [-0.1, -0.05) is 51.2 Å². The molecule has 0 aliphatic carbocycles. The molecule has 0 unspecified atom stereocenters. The highest BCUT2D eigenvalue weighted by Crippen LogP contribution is 2.15. The van der Waals surface area contributed by atoms with Crippen LogP contribution >= 0.6 is 0 Å². The summed E-state index contributed by atoms with van der Waals surface area (Å²) in [6.45, 7) is 15.5. The van der Waals surface area contributed by atoms with Gasteiger partial charge in [0.15, 0.2) is 0 Å². The number of carbonyl (C=O) groups excluding carboxylic acids is 1. The number of aryl methyl sites for hydroxylation is 1. The van der Waals surface area contributed by atoms with E-state index in [2.05, 4.69) is 24.4 Å². The molecule has 11 nitrogen and oxygen atoms in total. The van der Waals surface area contributed by atoms with Gasteiger partial charge in [-0.05, 0) is 51.3 Å². The van der Waals surface area contributed by atoms with Crippen molar-refractivity contribution in [2.45, 2.75) is 78.2 Å². The van der Waals surface area contributed by atoms with E-state index >= 15 is 0 Å². The van der Waals surface area contributed by atoms with Crippen LogP contribution in [0.2, 0.25) is 0 Å². The van der Waals surface area contributed by atoms with E-state index in [4.69, 9.17) is 42.6 Å². The Labute approximate surface area is 278 Å². The molecule has 0 radical (unpaired) electrons. The van der Waals surface area contributed by atoms with Gasteiger partial charge in [0.2, 0.25) is 0 Å². The van der Waals surface area contributed by atoms with Crippen LogP contribution in [-0.2, 0) is 44.3 Å². The topological polar surface area (TPSA) is 112 Å². The third-order valence-electron chi connectivity index (χ3n) is 6.39. The maximum Gasteiger partial charge on any atom is 0.407 e. The van der Waals surface area contributed by atoms with Gasteiger partial charge in [-0.15, -0.1) is 0 Å². The molecule has 46 heavy (non-hydrogen) atoms. The normalized spacial score (nSPS) is 11.6. The minimum absolute atomic E-state index is 0.388. The molecule has 0 aliphatic rings. The number of rotatable bonds is 32. The molecule has 1 aromatic rings. The summed E-state index contributed by atoms with van der Waals surface area (Å²) in [7, 11) is 0. The zero-order valence-electron chi connectivity index (χ0n) is 29.2. The summed E-state index contributed by atoms with van der Waals surface area (Å²) in [4.78, 5) is 11.5. The highest BCUT2D eigenvalue weighted by atomic mass is 16.6. The van der Waals surface area contributed by atoms with E-state index in [0.29, 0.717) is 106 Å². The highest BCUT2D eigenvalue weighted by Gasteiger charge is 2.15. The number of benzene rings is 1. The van der Waals surface area contributed by atoms with Gasteiger partial charge in [0.05, 0.1) is 92.5 Å². The Morgan fingerprint density at radius 3 is 1.43 bits per heavy atom. The largest absolute Gasteiger partial charge is 0.491 e. The molecule has 1 rings (SSSR count). The summed E-state index contributed by atoms with van der Waals surface area (Å²) in [5.41, 5.74) is 0.868. The van der Waals surface area contributed by atoms with E-state index in [0.717, 1.165) is 12.2 Å². The average Bonchev–Trinajstić information content (AvgIpc) is 3.02. The van der Waals surface area contributed by atoms with Crippen LogP contribution in [0.1, 0.15) is 71.8 Å². The first-order valence-electron chi connectivity index (χ1n) is 17.1. The molecule has 1 amide bonds. The van der Waals surface area contributed by atoms with Gasteiger partial charge in [-0.3, -0.25) is 0 Å². The van der Waals surface area contributed by atoms with Crippen LogP contribution in [-0.4, -0.2) is 117 Å². The number of amides is 1. The van der Waals surface area contributed by atoms with Crippen molar-refractivity contribution >= 4 is 6.09 Å². The maximum absolute atomic E-state index is 11.5. The molecule has 268 valence electrons. The Morgan fingerprint density at radius 1 is 0.565 bits per heavy atom. The zero-order chi connectivity index (χ0) is 33.4. The van der Waals surface area contributed by atoms with E-state index in [-0.39, 0.29) is 0 Å². The fourth-order valence-corrected chi connectivity index (χ4v) is 4.04. The molecule has 11 heteroatoms. The van der Waals surface area contributed by atoms with Crippen LogP contribution in [0.5, 0.6) is 5.75 Å². The zero-order valence-corrected chi connectivity index (χ0v) is 29.2. The minimum Gasteiger partial charge on any atom is -0.491 e. The summed E-state index contributed by atoms with van der Waals surface area (Å²) in [5.74, 6) is 0.882. The van der Waals surface area contributed by atoms with Gasteiger partial charge >= 0.3 is 6.09 Å².